The Hall–Kier alpha value is -3.04. The van der Waals surface area contributed by atoms with Gasteiger partial charge in [0.15, 0.2) is 10.9 Å². The van der Waals surface area contributed by atoms with Crippen LogP contribution in [0.5, 0.6) is 11.5 Å². The number of hydrogen-bond donors (Lipinski definition) is 3. The molecule has 0 fully saturated rings. The van der Waals surface area contributed by atoms with Crippen LogP contribution in [-0.4, -0.2) is 57.0 Å². The molecular weight excluding hydrogens is 444 g/mol. The fourth-order valence-corrected chi connectivity index (χ4v) is 4.13. The third kappa shape index (κ3) is 6.06. The second kappa shape index (κ2) is 11.2. The molecule has 33 heavy (non-hydrogen) atoms. The number of Topliss-reactive ketones (excluding diaryl/α,β-unsaturated/α-hetero) is 1. The van der Waals surface area contributed by atoms with Gasteiger partial charge in [-0.3, -0.25) is 4.79 Å². The molecule has 1 aromatic heterocycles. The van der Waals surface area contributed by atoms with Gasteiger partial charge < -0.3 is 24.7 Å². The van der Waals surface area contributed by atoms with E-state index in [0.29, 0.717) is 51.8 Å². The van der Waals surface area contributed by atoms with E-state index in [0.717, 1.165) is 6.42 Å². The van der Waals surface area contributed by atoms with Gasteiger partial charge in [0.1, 0.15) is 18.1 Å². The number of carbonyl (C=O) groups is 2. The number of aromatic nitrogens is 2. The van der Waals surface area contributed by atoms with Gasteiger partial charge in [0.25, 0.3) is 0 Å². The lowest BCUT2D eigenvalue weighted by molar-refractivity contribution is 0.0526. The summed E-state index contributed by atoms with van der Waals surface area (Å²) >= 11 is 1.33. The van der Waals surface area contributed by atoms with E-state index in [1.165, 1.54) is 24.8 Å². The number of H-pyrrole nitrogens is 1. The fourth-order valence-electron chi connectivity index (χ4n) is 3.33. The van der Waals surface area contributed by atoms with Crippen molar-refractivity contribution >= 4 is 34.5 Å². The van der Waals surface area contributed by atoms with Gasteiger partial charge >= 0.3 is 5.97 Å². The number of carbonyl (C=O) groups excluding carboxylic acids is 2. The van der Waals surface area contributed by atoms with Crippen molar-refractivity contribution in [1.82, 2.24) is 9.97 Å². The predicted octanol–water partition coefficient (Wildman–Crippen LogP) is 4.13. The second-order valence-corrected chi connectivity index (χ2v) is 8.52. The first-order valence-corrected chi connectivity index (χ1v) is 11.8. The highest BCUT2D eigenvalue weighted by Gasteiger charge is 2.17. The third-order valence-electron chi connectivity index (χ3n) is 4.93. The van der Waals surface area contributed by atoms with Gasteiger partial charge in [-0.15, -0.1) is 0 Å². The van der Waals surface area contributed by atoms with E-state index >= 15 is 0 Å². The summed E-state index contributed by atoms with van der Waals surface area (Å²) in [5.41, 5.74) is 2.69. The van der Waals surface area contributed by atoms with Gasteiger partial charge in [0.2, 0.25) is 0 Å². The Morgan fingerprint density at radius 3 is 2.70 bits per heavy atom. The standard InChI is InChI=1S/C24H28N2O6S/c1-4-6-18-21(10-8-17(14(3)27)22(18)29)32-12-16(28)13-33-24-25-19-9-7-15(11-20(19)26-24)23(30)31-5-2/h7-11,16,28-29H,4-6,12-13H2,1-3H3,(H,25,26). The van der Waals surface area contributed by atoms with E-state index < -0.39 is 6.10 Å². The van der Waals surface area contributed by atoms with Crippen LogP contribution in [0.3, 0.4) is 0 Å². The predicted molar refractivity (Wildman–Crippen MR) is 126 cm³/mol. The number of nitrogens with one attached hydrogen (secondary N) is 1. The summed E-state index contributed by atoms with van der Waals surface area (Å²) in [5, 5.41) is 21.4. The van der Waals surface area contributed by atoms with Gasteiger partial charge in [-0.1, -0.05) is 25.1 Å². The zero-order chi connectivity index (χ0) is 24.0. The molecule has 3 N–H and O–H groups in total. The maximum atomic E-state index is 11.9. The van der Waals surface area contributed by atoms with Crippen LogP contribution >= 0.6 is 11.8 Å². The highest BCUT2D eigenvalue weighted by Crippen LogP contribution is 2.33. The number of phenolic OH excluding ortho intramolecular Hbond substituents is 1. The van der Waals surface area contributed by atoms with Gasteiger partial charge in [0, 0.05) is 11.3 Å². The summed E-state index contributed by atoms with van der Waals surface area (Å²) < 4.78 is 10.8. The monoisotopic (exact) mass is 472 g/mol. The molecule has 1 heterocycles. The summed E-state index contributed by atoms with van der Waals surface area (Å²) in [4.78, 5) is 31.2. The number of ether oxygens (including phenoxy) is 2. The van der Waals surface area contributed by atoms with Crippen molar-refractivity contribution < 1.29 is 29.3 Å². The molecule has 0 bridgehead atoms. The molecule has 0 aliphatic rings. The van der Waals surface area contributed by atoms with Gasteiger partial charge in [0.05, 0.1) is 34.9 Å². The molecule has 0 amide bonds. The summed E-state index contributed by atoms with van der Waals surface area (Å²) in [6.45, 7) is 5.46. The first kappa shape index (κ1) is 24.6. The zero-order valence-corrected chi connectivity index (χ0v) is 19.7. The van der Waals surface area contributed by atoms with Crippen LogP contribution in [0.2, 0.25) is 0 Å². The number of benzene rings is 2. The molecule has 9 heteroatoms. The van der Waals surface area contributed by atoms with E-state index in [9.17, 15) is 19.8 Å². The molecule has 176 valence electrons. The van der Waals surface area contributed by atoms with Crippen LogP contribution < -0.4 is 4.74 Å². The van der Waals surface area contributed by atoms with Crippen molar-refractivity contribution in [2.45, 2.75) is 44.9 Å². The molecule has 8 nitrogen and oxygen atoms in total. The van der Waals surface area contributed by atoms with Crippen molar-refractivity contribution in [3.05, 3.63) is 47.0 Å². The highest BCUT2D eigenvalue weighted by atomic mass is 32.2. The lowest BCUT2D eigenvalue weighted by Gasteiger charge is -2.16. The number of fused-ring (bicyclic) bond motifs is 1. The minimum Gasteiger partial charge on any atom is -0.507 e. The Kier molecular flexibility index (Phi) is 8.35. The molecule has 0 aliphatic carbocycles. The number of phenols is 1. The number of ketones is 1. The molecular formula is C24H28N2O6S. The minimum atomic E-state index is -0.789. The number of thioether (sulfide) groups is 1. The Balaban J connectivity index is 1.61. The summed E-state index contributed by atoms with van der Waals surface area (Å²) in [6.07, 6.45) is 0.537. The quantitative estimate of drug-likeness (QED) is 0.216. The van der Waals surface area contributed by atoms with Crippen LogP contribution in [0, 0.1) is 0 Å². The van der Waals surface area contributed by atoms with Crippen molar-refractivity contribution in [2.24, 2.45) is 0 Å². The number of imidazole rings is 1. The van der Waals surface area contributed by atoms with Gasteiger partial charge in [-0.05, 0) is 50.6 Å². The molecule has 3 rings (SSSR count). The molecule has 0 saturated carbocycles. The van der Waals surface area contributed by atoms with E-state index in [2.05, 4.69) is 9.97 Å². The lowest BCUT2D eigenvalue weighted by Crippen LogP contribution is -2.20. The molecule has 3 aromatic rings. The molecule has 2 aromatic carbocycles. The van der Waals surface area contributed by atoms with Crippen molar-refractivity contribution in [1.29, 1.82) is 0 Å². The molecule has 0 spiro atoms. The molecule has 1 atom stereocenters. The lowest BCUT2D eigenvalue weighted by atomic mass is 10.0. The molecule has 0 saturated heterocycles. The number of aliphatic hydroxyl groups excluding tert-OH is 1. The van der Waals surface area contributed by atoms with Crippen LogP contribution in [0.1, 0.15) is 53.5 Å². The summed E-state index contributed by atoms with van der Waals surface area (Å²) in [7, 11) is 0. The first-order valence-electron chi connectivity index (χ1n) is 10.8. The summed E-state index contributed by atoms with van der Waals surface area (Å²) in [5.74, 6) is 0.119. The smallest absolute Gasteiger partial charge is 0.338 e. The van der Waals surface area contributed by atoms with E-state index in [1.807, 2.05) is 6.92 Å². The van der Waals surface area contributed by atoms with Gasteiger partial charge in [-0.25, -0.2) is 9.78 Å². The Morgan fingerprint density at radius 1 is 1.21 bits per heavy atom. The van der Waals surface area contributed by atoms with Crippen LogP contribution in [0.15, 0.2) is 35.5 Å². The van der Waals surface area contributed by atoms with Gasteiger partial charge in [-0.2, -0.15) is 0 Å². The number of aromatic amines is 1. The number of esters is 1. The maximum absolute atomic E-state index is 11.9. The Bertz CT molecular complexity index is 1140. The largest absolute Gasteiger partial charge is 0.507 e. The number of hydrogen-bond acceptors (Lipinski definition) is 8. The first-order chi connectivity index (χ1) is 15.8. The number of aromatic hydroxyl groups is 1. The number of rotatable bonds is 11. The number of nitrogens with zero attached hydrogens (tertiary/aromatic N) is 1. The zero-order valence-electron chi connectivity index (χ0n) is 18.9. The highest BCUT2D eigenvalue weighted by molar-refractivity contribution is 7.99. The van der Waals surface area contributed by atoms with Crippen LogP contribution in [0.25, 0.3) is 11.0 Å². The average molecular weight is 473 g/mol. The SMILES string of the molecule is CCCc1c(OCC(O)CSc2nc3ccc(C(=O)OCC)cc3[nH]2)ccc(C(C)=O)c1O. The van der Waals surface area contributed by atoms with E-state index in [4.69, 9.17) is 9.47 Å². The van der Waals surface area contributed by atoms with E-state index in [-0.39, 0.29) is 29.7 Å². The van der Waals surface area contributed by atoms with E-state index in [1.54, 1.807) is 31.2 Å². The maximum Gasteiger partial charge on any atom is 0.338 e. The number of aliphatic hydroxyl groups is 1. The topological polar surface area (TPSA) is 122 Å². The third-order valence-corrected chi connectivity index (χ3v) is 5.95. The van der Waals surface area contributed by atoms with Crippen LogP contribution in [0.4, 0.5) is 0 Å². The second-order valence-electron chi connectivity index (χ2n) is 7.51. The molecule has 0 aliphatic heterocycles. The van der Waals surface area contributed by atoms with Crippen molar-refractivity contribution in [2.75, 3.05) is 19.0 Å². The molecule has 1 unspecified atom stereocenters. The average Bonchev–Trinajstić information content (AvgIpc) is 3.20. The van der Waals surface area contributed by atoms with Crippen molar-refractivity contribution in [3.63, 3.8) is 0 Å². The Labute approximate surface area is 196 Å². The van der Waals surface area contributed by atoms with Crippen LogP contribution in [-0.2, 0) is 11.2 Å². The Morgan fingerprint density at radius 2 is 2.00 bits per heavy atom. The normalized spacial score (nSPS) is 12.0. The molecule has 0 radical (unpaired) electrons. The fraction of sp³-hybridized carbons (Fsp3) is 0.375. The minimum absolute atomic E-state index is 0.0236. The van der Waals surface area contributed by atoms with Crippen molar-refractivity contribution in [3.8, 4) is 11.5 Å². The summed E-state index contributed by atoms with van der Waals surface area (Å²) in [6, 6.07) is 8.29.